The molecule has 0 unspecified atom stereocenters. The molecule has 0 aromatic heterocycles. The molecule has 0 aliphatic heterocycles. The summed E-state index contributed by atoms with van der Waals surface area (Å²) >= 11 is 0. The Bertz CT molecular complexity index is 249. The second-order valence-corrected chi connectivity index (χ2v) is 5.87. The highest BCUT2D eigenvalue weighted by atomic mass is 16.3. The predicted molar refractivity (Wildman–Crippen MR) is 77.8 cm³/mol. The number of amides is 1. The molecule has 4 nitrogen and oxygen atoms in total. The molecule has 4 N–H and O–H groups in total. The van der Waals surface area contributed by atoms with Gasteiger partial charge in [0.2, 0.25) is 5.91 Å². The van der Waals surface area contributed by atoms with Crippen LogP contribution in [0.5, 0.6) is 0 Å². The maximum absolute atomic E-state index is 11.7. The Kier molecular flexibility index (Phi) is 8.07. The van der Waals surface area contributed by atoms with Crippen molar-refractivity contribution in [1.82, 2.24) is 5.32 Å². The van der Waals surface area contributed by atoms with E-state index in [1.54, 1.807) is 0 Å². The van der Waals surface area contributed by atoms with Crippen molar-refractivity contribution in [3.05, 3.63) is 0 Å². The Balaban J connectivity index is 2.11. The van der Waals surface area contributed by atoms with Gasteiger partial charge in [0.25, 0.3) is 0 Å². The van der Waals surface area contributed by atoms with Crippen LogP contribution in [0.4, 0.5) is 0 Å². The van der Waals surface area contributed by atoms with Gasteiger partial charge in [-0.05, 0) is 32.2 Å². The normalized spacial score (nSPS) is 18.8. The van der Waals surface area contributed by atoms with Gasteiger partial charge in [-0.15, -0.1) is 0 Å². The molecule has 0 atom stereocenters. The Morgan fingerprint density at radius 3 is 2.32 bits per heavy atom. The lowest BCUT2D eigenvalue weighted by molar-refractivity contribution is -0.122. The first-order valence-corrected chi connectivity index (χ1v) is 7.85. The standard InChI is InChI=1S/C15H30N2O2/c16-12-8-4-1-5-9-14(18)17-13-15(19)10-6-2-3-7-11-15/h19H,1-13,16H2,(H,17,18). The number of rotatable bonds is 8. The van der Waals surface area contributed by atoms with E-state index in [1.165, 1.54) is 12.8 Å². The number of unbranched alkanes of at least 4 members (excludes halogenated alkanes) is 3. The van der Waals surface area contributed by atoms with Gasteiger partial charge in [0.15, 0.2) is 0 Å². The SMILES string of the molecule is NCCCCCCC(=O)NCC1(O)CCCCCC1. The van der Waals surface area contributed by atoms with Crippen LogP contribution in [0, 0.1) is 0 Å². The Morgan fingerprint density at radius 2 is 1.68 bits per heavy atom. The smallest absolute Gasteiger partial charge is 0.220 e. The first kappa shape index (κ1) is 16.4. The quantitative estimate of drug-likeness (QED) is 0.467. The third-order valence-electron chi connectivity index (χ3n) is 4.01. The van der Waals surface area contributed by atoms with E-state index in [9.17, 15) is 9.90 Å². The van der Waals surface area contributed by atoms with E-state index in [-0.39, 0.29) is 5.91 Å². The van der Waals surface area contributed by atoms with Crippen molar-refractivity contribution in [2.24, 2.45) is 5.73 Å². The minimum Gasteiger partial charge on any atom is -0.388 e. The third kappa shape index (κ3) is 7.53. The Labute approximate surface area is 117 Å². The molecule has 0 heterocycles. The minimum atomic E-state index is -0.661. The van der Waals surface area contributed by atoms with E-state index >= 15 is 0 Å². The lowest BCUT2D eigenvalue weighted by Crippen LogP contribution is -2.42. The van der Waals surface area contributed by atoms with Crippen LogP contribution in [0.2, 0.25) is 0 Å². The second kappa shape index (κ2) is 9.32. The molecule has 0 saturated heterocycles. The summed E-state index contributed by atoms with van der Waals surface area (Å²) in [6.07, 6.45) is 10.9. The summed E-state index contributed by atoms with van der Waals surface area (Å²) in [5, 5.41) is 13.3. The molecule has 1 fully saturated rings. The number of aliphatic hydroxyl groups is 1. The van der Waals surface area contributed by atoms with Crippen molar-refractivity contribution in [3.63, 3.8) is 0 Å². The molecule has 1 rings (SSSR count). The molecule has 1 amide bonds. The lowest BCUT2D eigenvalue weighted by atomic mass is 9.94. The van der Waals surface area contributed by atoms with Crippen LogP contribution >= 0.6 is 0 Å². The molecule has 112 valence electrons. The average Bonchev–Trinajstić information content (AvgIpc) is 2.62. The summed E-state index contributed by atoms with van der Waals surface area (Å²) in [7, 11) is 0. The molecular weight excluding hydrogens is 240 g/mol. The number of nitrogens with two attached hydrogens (primary N) is 1. The maximum Gasteiger partial charge on any atom is 0.220 e. The average molecular weight is 270 g/mol. The van der Waals surface area contributed by atoms with Gasteiger partial charge in [-0.25, -0.2) is 0 Å². The lowest BCUT2D eigenvalue weighted by Gasteiger charge is -2.26. The van der Waals surface area contributed by atoms with Crippen molar-refractivity contribution in [1.29, 1.82) is 0 Å². The predicted octanol–water partition coefficient (Wildman–Crippen LogP) is 2.10. The molecule has 1 aliphatic carbocycles. The number of carbonyl (C=O) groups is 1. The van der Waals surface area contributed by atoms with Crippen molar-refractivity contribution < 1.29 is 9.90 Å². The van der Waals surface area contributed by atoms with Gasteiger partial charge < -0.3 is 16.2 Å². The van der Waals surface area contributed by atoms with Gasteiger partial charge in [0.1, 0.15) is 0 Å². The Hall–Kier alpha value is -0.610. The first-order chi connectivity index (χ1) is 9.16. The number of hydrogen-bond acceptors (Lipinski definition) is 3. The molecule has 0 aromatic carbocycles. The zero-order chi connectivity index (χ0) is 14.0. The number of nitrogens with one attached hydrogen (secondary N) is 1. The summed E-state index contributed by atoms with van der Waals surface area (Å²) in [5.41, 5.74) is 4.76. The maximum atomic E-state index is 11.7. The fraction of sp³-hybridized carbons (Fsp3) is 0.933. The topological polar surface area (TPSA) is 75.4 Å². The molecule has 1 saturated carbocycles. The van der Waals surface area contributed by atoms with Crippen LogP contribution < -0.4 is 11.1 Å². The summed E-state index contributed by atoms with van der Waals surface area (Å²) in [4.78, 5) is 11.7. The molecule has 4 heteroatoms. The largest absolute Gasteiger partial charge is 0.388 e. The number of carbonyl (C=O) groups excluding carboxylic acids is 1. The van der Waals surface area contributed by atoms with Crippen LogP contribution in [-0.4, -0.2) is 29.7 Å². The van der Waals surface area contributed by atoms with Gasteiger partial charge >= 0.3 is 0 Å². The summed E-state index contributed by atoms with van der Waals surface area (Å²) in [6, 6.07) is 0. The molecule has 0 radical (unpaired) electrons. The van der Waals surface area contributed by atoms with E-state index in [1.807, 2.05) is 0 Å². The van der Waals surface area contributed by atoms with Crippen molar-refractivity contribution in [2.75, 3.05) is 13.1 Å². The van der Waals surface area contributed by atoms with Crippen LogP contribution in [-0.2, 0) is 4.79 Å². The monoisotopic (exact) mass is 270 g/mol. The Morgan fingerprint density at radius 1 is 1.05 bits per heavy atom. The van der Waals surface area contributed by atoms with E-state index in [4.69, 9.17) is 5.73 Å². The zero-order valence-electron chi connectivity index (χ0n) is 12.1. The second-order valence-electron chi connectivity index (χ2n) is 5.87. The van der Waals surface area contributed by atoms with Gasteiger partial charge in [-0.2, -0.15) is 0 Å². The summed E-state index contributed by atoms with van der Waals surface area (Å²) in [6.45, 7) is 1.16. The van der Waals surface area contributed by atoms with Crippen molar-refractivity contribution in [2.45, 2.75) is 76.2 Å². The van der Waals surface area contributed by atoms with Crippen molar-refractivity contribution in [3.8, 4) is 0 Å². The van der Waals surface area contributed by atoms with Crippen LogP contribution in [0.3, 0.4) is 0 Å². The fourth-order valence-corrected chi connectivity index (χ4v) is 2.70. The number of hydrogen-bond donors (Lipinski definition) is 3. The van der Waals surface area contributed by atoms with Crippen molar-refractivity contribution >= 4 is 5.91 Å². The molecule has 0 aromatic rings. The van der Waals surface area contributed by atoms with E-state index in [0.717, 1.165) is 57.9 Å². The zero-order valence-corrected chi connectivity index (χ0v) is 12.1. The highest BCUT2D eigenvalue weighted by Gasteiger charge is 2.28. The van der Waals surface area contributed by atoms with Crippen LogP contribution in [0.1, 0.15) is 70.6 Å². The van der Waals surface area contributed by atoms with E-state index in [2.05, 4.69) is 5.32 Å². The third-order valence-corrected chi connectivity index (χ3v) is 4.01. The molecule has 1 aliphatic rings. The van der Waals surface area contributed by atoms with Crippen LogP contribution in [0.15, 0.2) is 0 Å². The van der Waals surface area contributed by atoms with Gasteiger partial charge in [-0.1, -0.05) is 38.5 Å². The van der Waals surface area contributed by atoms with E-state index in [0.29, 0.717) is 13.0 Å². The highest BCUT2D eigenvalue weighted by Crippen LogP contribution is 2.26. The van der Waals surface area contributed by atoms with Gasteiger partial charge in [0, 0.05) is 13.0 Å². The summed E-state index contributed by atoms with van der Waals surface area (Å²) < 4.78 is 0. The molecule has 0 spiro atoms. The van der Waals surface area contributed by atoms with Gasteiger partial charge in [0.05, 0.1) is 5.60 Å². The van der Waals surface area contributed by atoms with Crippen LogP contribution in [0.25, 0.3) is 0 Å². The summed E-state index contributed by atoms with van der Waals surface area (Å²) in [5.74, 6) is 0.0745. The highest BCUT2D eigenvalue weighted by molar-refractivity contribution is 5.75. The molecule has 19 heavy (non-hydrogen) atoms. The fourth-order valence-electron chi connectivity index (χ4n) is 2.70. The van der Waals surface area contributed by atoms with Gasteiger partial charge in [-0.3, -0.25) is 4.79 Å². The first-order valence-electron chi connectivity index (χ1n) is 7.85. The molecular formula is C15H30N2O2. The van der Waals surface area contributed by atoms with E-state index < -0.39 is 5.60 Å². The molecule has 0 bridgehead atoms. The minimum absolute atomic E-state index is 0.0745.